The zero-order chi connectivity index (χ0) is 16.9. The Labute approximate surface area is 150 Å². The van der Waals surface area contributed by atoms with E-state index in [1.165, 1.54) is 11.6 Å². The summed E-state index contributed by atoms with van der Waals surface area (Å²) in [6.07, 6.45) is 3.36. The lowest BCUT2D eigenvalue weighted by Gasteiger charge is -2.04. The Morgan fingerprint density at radius 3 is 2.62 bits per heavy atom. The molecule has 2 nitrogen and oxygen atoms in total. The topological polar surface area (TPSA) is 29.1 Å². The number of hydrogen-bond donors (Lipinski definition) is 1. The fraction of sp³-hybridized carbons (Fsp3) is 0.0500. The van der Waals surface area contributed by atoms with Crippen molar-refractivity contribution in [1.29, 1.82) is 0 Å². The van der Waals surface area contributed by atoms with Crippen LogP contribution in [0.15, 0.2) is 66.1 Å². The summed E-state index contributed by atoms with van der Waals surface area (Å²) >= 11 is 7.67. The molecule has 0 fully saturated rings. The molecule has 24 heavy (non-hydrogen) atoms. The van der Waals surface area contributed by atoms with Gasteiger partial charge in [0.15, 0.2) is 0 Å². The number of anilines is 1. The summed E-state index contributed by atoms with van der Waals surface area (Å²) in [4.78, 5) is 13.1. The number of hydrogen-bond acceptors (Lipinski definition) is 2. The van der Waals surface area contributed by atoms with E-state index in [2.05, 4.69) is 28.9 Å². The molecule has 1 amide bonds. The molecule has 0 atom stereocenters. The third kappa shape index (κ3) is 4.13. The molecule has 0 saturated heterocycles. The van der Waals surface area contributed by atoms with Crippen molar-refractivity contribution in [2.75, 3.05) is 5.32 Å². The molecule has 3 aromatic rings. The highest BCUT2D eigenvalue weighted by atomic mass is 35.5. The van der Waals surface area contributed by atoms with Crippen molar-refractivity contribution in [3.05, 3.63) is 81.5 Å². The van der Waals surface area contributed by atoms with Gasteiger partial charge in [0.2, 0.25) is 5.91 Å². The molecule has 1 N–H and O–H groups in total. The largest absolute Gasteiger partial charge is 0.322 e. The van der Waals surface area contributed by atoms with E-state index < -0.39 is 0 Å². The van der Waals surface area contributed by atoms with Gasteiger partial charge in [-0.25, -0.2) is 0 Å². The van der Waals surface area contributed by atoms with Gasteiger partial charge in [0, 0.05) is 21.7 Å². The summed E-state index contributed by atoms with van der Waals surface area (Å²) in [6.45, 7) is 1.93. The normalized spacial score (nSPS) is 10.9. The fourth-order valence-electron chi connectivity index (χ4n) is 2.23. The predicted octanol–water partition coefficient (Wildman–Crippen LogP) is 6.03. The van der Waals surface area contributed by atoms with Crippen LogP contribution in [-0.2, 0) is 4.79 Å². The van der Waals surface area contributed by atoms with Gasteiger partial charge in [-0.1, -0.05) is 48.0 Å². The molecule has 120 valence electrons. The summed E-state index contributed by atoms with van der Waals surface area (Å²) in [5.74, 6) is -0.176. The van der Waals surface area contributed by atoms with Crippen molar-refractivity contribution in [3.63, 3.8) is 0 Å². The SMILES string of the molecule is Cc1ccc(NC(=O)/C=C/c2cc(-c3ccccc3)cs2)cc1Cl. The molecule has 2 aromatic carbocycles. The molecule has 0 radical (unpaired) electrons. The summed E-state index contributed by atoms with van der Waals surface area (Å²) in [5.41, 5.74) is 4.01. The van der Waals surface area contributed by atoms with Crippen molar-refractivity contribution >= 4 is 40.6 Å². The van der Waals surface area contributed by atoms with Gasteiger partial charge in [-0.05, 0) is 53.3 Å². The van der Waals surface area contributed by atoms with E-state index in [1.54, 1.807) is 17.4 Å². The van der Waals surface area contributed by atoms with Crippen molar-refractivity contribution in [2.45, 2.75) is 6.92 Å². The second-order valence-corrected chi connectivity index (χ2v) is 6.74. The average molecular weight is 354 g/mol. The number of carbonyl (C=O) groups excluding carboxylic acids is 1. The minimum Gasteiger partial charge on any atom is -0.322 e. The van der Waals surface area contributed by atoms with Crippen LogP contribution in [0.1, 0.15) is 10.4 Å². The Bertz CT molecular complexity index is 884. The molecule has 0 aliphatic heterocycles. The smallest absolute Gasteiger partial charge is 0.248 e. The third-order valence-corrected chi connectivity index (χ3v) is 4.87. The van der Waals surface area contributed by atoms with E-state index in [4.69, 9.17) is 11.6 Å². The summed E-state index contributed by atoms with van der Waals surface area (Å²) in [7, 11) is 0. The summed E-state index contributed by atoms with van der Waals surface area (Å²) in [5, 5.41) is 5.54. The molecule has 1 aromatic heterocycles. The molecule has 0 spiro atoms. The average Bonchev–Trinajstić information content (AvgIpc) is 3.06. The predicted molar refractivity (Wildman–Crippen MR) is 104 cm³/mol. The van der Waals surface area contributed by atoms with Crippen LogP contribution >= 0.6 is 22.9 Å². The first-order valence-corrected chi connectivity index (χ1v) is 8.77. The monoisotopic (exact) mass is 353 g/mol. The van der Waals surface area contributed by atoms with Crippen LogP contribution < -0.4 is 5.32 Å². The second kappa shape index (κ2) is 7.47. The fourth-order valence-corrected chi connectivity index (χ4v) is 3.22. The highest BCUT2D eigenvalue weighted by molar-refractivity contribution is 7.11. The van der Waals surface area contributed by atoms with Crippen LogP contribution in [0.25, 0.3) is 17.2 Å². The molecule has 3 rings (SSSR count). The number of halogens is 1. The molecule has 0 aliphatic carbocycles. The van der Waals surface area contributed by atoms with Gasteiger partial charge in [-0.15, -0.1) is 11.3 Å². The van der Waals surface area contributed by atoms with Crippen LogP contribution in [0.4, 0.5) is 5.69 Å². The molecular formula is C20H16ClNOS. The lowest BCUT2D eigenvalue weighted by atomic mass is 10.1. The number of carbonyl (C=O) groups is 1. The third-order valence-electron chi connectivity index (χ3n) is 3.57. The van der Waals surface area contributed by atoms with Crippen molar-refractivity contribution in [1.82, 2.24) is 0 Å². The van der Waals surface area contributed by atoms with Crippen LogP contribution in [0.5, 0.6) is 0 Å². The first kappa shape index (κ1) is 16.5. The molecular weight excluding hydrogens is 338 g/mol. The number of benzene rings is 2. The summed E-state index contributed by atoms with van der Waals surface area (Å²) in [6, 6.07) is 17.7. The maximum Gasteiger partial charge on any atom is 0.248 e. The van der Waals surface area contributed by atoms with E-state index in [0.29, 0.717) is 10.7 Å². The van der Waals surface area contributed by atoms with Gasteiger partial charge in [-0.2, -0.15) is 0 Å². The van der Waals surface area contributed by atoms with Gasteiger partial charge < -0.3 is 5.32 Å². The zero-order valence-electron chi connectivity index (χ0n) is 13.1. The van der Waals surface area contributed by atoms with Crippen LogP contribution in [0, 0.1) is 6.92 Å². The van der Waals surface area contributed by atoms with Crippen molar-refractivity contribution in [2.24, 2.45) is 0 Å². The van der Waals surface area contributed by atoms with E-state index in [0.717, 1.165) is 16.0 Å². The van der Waals surface area contributed by atoms with Crippen LogP contribution in [0.2, 0.25) is 5.02 Å². The van der Waals surface area contributed by atoms with Crippen LogP contribution in [0.3, 0.4) is 0 Å². The molecule has 0 aliphatic rings. The molecule has 1 heterocycles. The Hall–Kier alpha value is -2.36. The Balaban J connectivity index is 1.66. The maximum absolute atomic E-state index is 12.0. The lowest BCUT2D eigenvalue weighted by Crippen LogP contribution is -2.07. The van der Waals surface area contributed by atoms with Gasteiger partial charge >= 0.3 is 0 Å². The summed E-state index contributed by atoms with van der Waals surface area (Å²) < 4.78 is 0. The minimum atomic E-state index is -0.176. The van der Waals surface area contributed by atoms with E-state index in [1.807, 2.05) is 43.3 Å². The number of aryl methyl sites for hydroxylation is 1. The first-order chi connectivity index (χ1) is 11.6. The molecule has 0 saturated carbocycles. The molecule has 0 bridgehead atoms. The number of thiophene rings is 1. The number of nitrogens with one attached hydrogen (secondary N) is 1. The zero-order valence-corrected chi connectivity index (χ0v) is 14.7. The number of rotatable bonds is 4. The standard InChI is InChI=1S/C20H16ClNOS/c1-14-7-8-17(12-19(14)21)22-20(23)10-9-18-11-16(13-24-18)15-5-3-2-4-6-15/h2-13H,1H3,(H,22,23)/b10-9+. The first-order valence-electron chi connectivity index (χ1n) is 7.51. The molecule has 0 unspecified atom stereocenters. The Kier molecular flexibility index (Phi) is 5.14. The van der Waals surface area contributed by atoms with E-state index >= 15 is 0 Å². The molecule has 4 heteroatoms. The Morgan fingerprint density at radius 2 is 1.88 bits per heavy atom. The van der Waals surface area contributed by atoms with Crippen molar-refractivity contribution in [3.8, 4) is 11.1 Å². The lowest BCUT2D eigenvalue weighted by molar-refractivity contribution is -0.111. The minimum absolute atomic E-state index is 0.176. The highest BCUT2D eigenvalue weighted by Crippen LogP contribution is 2.26. The van der Waals surface area contributed by atoms with Crippen molar-refractivity contribution < 1.29 is 4.79 Å². The van der Waals surface area contributed by atoms with Gasteiger partial charge in [0.05, 0.1) is 0 Å². The van der Waals surface area contributed by atoms with Gasteiger partial charge in [-0.3, -0.25) is 4.79 Å². The van der Waals surface area contributed by atoms with Gasteiger partial charge in [0.25, 0.3) is 0 Å². The number of amides is 1. The second-order valence-electron chi connectivity index (χ2n) is 5.39. The van der Waals surface area contributed by atoms with Gasteiger partial charge in [0.1, 0.15) is 0 Å². The Morgan fingerprint density at radius 1 is 1.08 bits per heavy atom. The van der Waals surface area contributed by atoms with E-state index in [9.17, 15) is 4.79 Å². The highest BCUT2D eigenvalue weighted by Gasteiger charge is 2.03. The van der Waals surface area contributed by atoms with E-state index in [-0.39, 0.29) is 5.91 Å². The maximum atomic E-state index is 12.0. The van der Waals surface area contributed by atoms with Crippen LogP contribution in [-0.4, -0.2) is 5.91 Å². The quantitative estimate of drug-likeness (QED) is 0.570.